The second kappa shape index (κ2) is 3.76. The second-order valence-electron chi connectivity index (χ2n) is 4.14. The summed E-state index contributed by atoms with van der Waals surface area (Å²) in [5.41, 5.74) is 2.02. The summed E-state index contributed by atoms with van der Waals surface area (Å²) in [5, 5.41) is 6.67. The number of aromatic amines is 1. The Labute approximate surface area is 111 Å². The molecule has 0 unspecified atom stereocenters. The molecule has 0 aliphatic carbocycles. The van der Waals surface area contributed by atoms with Crippen molar-refractivity contribution in [1.29, 1.82) is 0 Å². The van der Waals surface area contributed by atoms with Crippen molar-refractivity contribution in [1.82, 2.24) is 19.6 Å². The topological polar surface area (TPSA) is 63.0 Å². The third kappa shape index (κ3) is 1.43. The summed E-state index contributed by atoms with van der Waals surface area (Å²) in [7, 11) is 0. The van der Waals surface area contributed by atoms with Gasteiger partial charge in [-0.2, -0.15) is 5.10 Å². The van der Waals surface area contributed by atoms with E-state index in [1.165, 1.54) is 11.3 Å². The molecule has 3 heterocycles. The van der Waals surface area contributed by atoms with Crippen LogP contribution in [0.3, 0.4) is 0 Å². The minimum Gasteiger partial charge on any atom is -0.278 e. The van der Waals surface area contributed by atoms with Gasteiger partial charge in [0.05, 0.1) is 21.5 Å². The number of H-pyrrole nitrogens is 1. The van der Waals surface area contributed by atoms with E-state index in [1.54, 1.807) is 22.9 Å². The first kappa shape index (κ1) is 10.5. The van der Waals surface area contributed by atoms with Crippen molar-refractivity contribution in [3.05, 3.63) is 53.1 Å². The van der Waals surface area contributed by atoms with E-state index >= 15 is 0 Å². The Morgan fingerprint density at radius 1 is 1.21 bits per heavy atom. The van der Waals surface area contributed by atoms with Crippen LogP contribution in [0.4, 0.5) is 0 Å². The Kier molecular flexibility index (Phi) is 2.07. The van der Waals surface area contributed by atoms with Crippen LogP contribution in [0.1, 0.15) is 0 Å². The minimum atomic E-state index is -0.0771. The molecule has 92 valence electrons. The molecule has 4 rings (SSSR count). The quantitative estimate of drug-likeness (QED) is 0.576. The fraction of sp³-hybridized carbons (Fsp3) is 0. The molecule has 5 nitrogen and oxygen atoms in total. The molecule has 0 saturated carbocycles. The van der Waals surface area contributed by atoms with Crippen LogP contribution in [0.15, 0.2) is 47.5 Å². The van der Waals surface area contributed by atoms with Gasteiger partial charge in [-0.05, 0) is 18.2 Å². The number of para-hydroxylation sites is 1. The summed E-state index contributed by atoms with van der Waals surface area (Å²) >= 11 is 1.51. The molecule has 1 aromatic carbocycles. The monoisotopic (exact) mass is 268 g/mol. The highest BCUT2D eigenvalue weighted by Crippen LogP contribution is 2.24. The van der Waals surface area contributed by atoms with Gasteiger partial charge in [0, 0.05) is 12.4 Å². The van der Waals surface area contributed by atoms with Crippen molar-refractivity contribution in [3.8, 4) is 11.3 Å². The zero-order valence-electron chi connectivity index (χ0n) is 9.70. The maximum Gasteiger partial charge on any atom is 0.268 e. The summed E-state index contributed by atoms with van der Waals surface area (Å²) in [6, 6.07) is 9.56. The van der Waals surface area contributed by atoms with Crippen LogP contribution in [-0.2, 0) is 0 Å². The highest BCUT2D eigenvalue weighted by Gasteiger charge is 2.12. The molecule has 4 aromatic rings. The molecule has 19 heavy (non-hydrogen) atoms. The van der Waals surface area contributed by atoms with E-state index in [0.29, 0.717) is 16.2 Å². The number of nitrogens with zero attached hydrogens (tertiary/aromatic N) is 3. The van der Waals surface area contributed by atoms with Crippen molar-refractivity contribution in [2.75, 3.05) is 0 Å². The first-order valence-corrected chi connectivity index (χ1v) is 6.55. The van der Waals surface area contributed by atoms with Gasteiger partial charge in [0.25, 0.3) is 5.56 Å². The van der Waals surface area contributed by atoms with Gasteiger partial charge in [-0.15, -0.1) is 0 Å². The molecule has 0 aliphatic rings. The van der Waals surface area contributed by atoms with Gasteiger partial charge < -0.3 is 0 Å². The Balaban J connectivity index is 2.18. The average molecular weight is 268 g/mol. The predicted molar refractivity (Wildman–Crippen MR) is 74.4 cm³/mol. The zero-order valence-corrected chi connectivity index (χ0v) is 10.5. The maximum atomic E-state index is 12.6. The summed E-state index contributed by atoms with van der Waals surface area (Å²) < 4.78 is 2.70. The maximum absolute atomic E-state index is 12.6. The molecule has 0 spiro atoms. The molecule has 3 aromatic heterocycles. The van der Waals surface area contributed by atoms with Crippen molar-refractivity contribution in [3.63, 3.8) is 0 Å². The lowest BCUT2D eigenvalue weighted by molar-refractivity contribution is 1.07. The molecule has 0 aliphatic heterocycles. The molecule has 0 bridgehead atoms. The van der Waals surface area contributed by atoms with Crippen molar-refractivity contribution in [2.45, 2.75) is 0 Å². The normalized spacial score (nSPS) is 11.4. The lowest BCUT2D eigenvalue weighted by Gasteiger charge is -1.98. The van der Waals surface area contributed by atoms with E-state index < -0.39 is 0 Å². The number of fused-ring (bicyclic) bond motifs is 3. The number of benzene rings is 1. The molecular formula is C13H8N4OS. The third-order valence-electron chi connectivity index (χ3n) is 3.03. The lowest BCUT2D eigenvalue weighted by Crippen LogP contribution is -2.15. The number of rotatable bonds is 1. The van der Waals surface area contributed by atoms with Gasteiger partial charge in [-0.3, -0.25) is 14.3 Å². The number of hydrogen-bond acceptors (Lipinski definition) is 4. The van der Waals surface area contributed by atoms with Crippen LogP contribution in [0.2, 0.25) is 0 Å². The first-order chi connectivity index (χ1) is 9.34. The number of aromatic nitrogens is 4. The summed E-state index contributed by atoms with van der Waals surface area (Å²) in [4.78, 5) is 17.7. The molecule has 0 saturated heterocycles. The standard InChI is InChI=1S/C13H8N4OS/c18-12-8(9-5-6-15-16-9)7-14-13-17(12)10-3-1-2-4-11(10)19-13/h1-7H,(H,15,16). The van der Waals surface area contributed by atoms with Gasteiger partial charge in [-0.1, -0.05) is 23.5 Å². The smallest absolute Gasteiger partial charge is 0.268 e. The summed E-state index contributed by atoms with van der Waals surface area (Å²) in [6.45, 7) is 0. The van der Waals surface area contributed by atoms with Crippen LogP contribution < -0.4 is 5.56 Å². The van der Waals surface area contributed by atoms with Gasteiger partial charge in [-0.25, -0.2) is 4.98 Å². The van der Waals surface area contributed by atoms with Crippen LogP contribution in [0, 0.1) is 0 Å². The Bertz CT molecular complexity index is 936. The van der Waals surface area contributed by atoms with Crippen LogP contribution in [0.5, 0.6) is 0 Å². The van der Waals surface area contributed by atoms with Crippen LogP contribution in [0.25, 0.3) is 26.4 Å². The van der Waals surface area contributed by atoms with E-state index in [0.717, 1.165) is 10.2 Å². The van der Waals surface area contributed by atoms with E-state index in [2.05, 4.69) is 15.2 Å². The first-order valence-electron chi connectivity index (χ1n) is 5.73. The number of nitrogens with one attached hydrogen (secondary N) is 1. The fourth-order valence-electron chi connectivity index (χ4n) is 2.14. The summed E-state index contributed by atoms with van der Waals surface area (Å²) in [6.07, 6.45) is 3.22. The summed E-state index contributed by atoms with van der Waals surface area (Å²) in [5.74, 6) is 0. The number of hydrogen-bond donors (Lipinski definition) is 1. The lowest BCUT2D eigenvalue weighted by atomic mass is 10.2. The van der Waals surface area contributed by atoms with Crippen LogP contribution >= 0.6 is 11.3 Å². The predicted octanol–water partition coefficient (Wildman–Crippen LogP) is 2.30. The average Bonchev–Trinajstić information content (AvgIpc) is 3.05. The van der Waals surface area contributed by atoms with Gasteiger partial charge >= 0.3 is 0 Å². The largest absolute Gasteiger partial charge is 0.278 e. The second-order valence-corrected chi connectivity index (χ2v) is 5.14. The van der Waals surface area contributed by atoms with Gasteiger partial charge in [0.1, 0.15) is 0 Å². The van der Waals surface area contributed by atoms with E-state index in [9.17, 15) is 4.79 Å². The van der Waals surface area contributed by atoms with Crippen LogP contribution in [-0.4, -0.2) is 19.6 Å². The van der Waals surface area contributed by atoms with Crippen molar-refractivity contribution < 1.29 is 0 Å². The highest BCUT2D eigenvalue weighted by atomic mass is 32.1. The molecule has 0 amide bonds. The van der Waals surface area contributed by atoms with Gasteiger partial charge in [0.2, 0.25) is 0 Å². The molecular weight excluding hydrogens is 260 g/mol. The zero-order chi connectivity index (χ0) is 12.8. The fourth-order valence-corrected chi connectivity index (χ4v) is 3.13. The SMILES string of the molecule is O=c1c(-c2ccn[nH]2)cnc2sc3ccccc3n12. The van der Waals surface area contributed by atoms with Gasteiger partial charge in [0.15, 0.2) is 4.96 Å². The van der Waals surface area contributed by atoms with Crippen molar-refractivity contribution >= 4 is 26.5 Å². The minimum absolute atomic E-state index is 0.0771. The highest BCUT2D eigenvalue weighted by molar-refractivity contribution is 7.23. The molecule has 0 atom stereocenters. The Morgan fingerprint density at radius 2 is 2.11 bits per heavy atom. The molecule has 0 fully saturated rings. The molecule has 1 N–H and O–H groups in total. The van der Waals surface area contributed by atoms with E-state index in [4.69, 9.17) is 0 Å². The van der Waals surface area contributed by atoms with E-state index in [1.807, 2.05) is 24.3 Å². The molecule has 6 heteroatoms. The Morgan fingerprint density at radius 3 is 2.95 bits per heavy atom. The number of thiazole rings is 1. The Hall–Kier alpha value is -2.47. The van der Waals surface area contributed by atoms with Crippen molar-refractivity contribution in [2.24, 2.45) is 0 Å². The third-order valence-corrected chi connectivity index (χ3v) is 4.06. The molecule has 0 radical (unpaired) electrons. The van der Waals surface area contributed by atoms with E-state index in [-0.39, 0.29) is 5.56 Å².